The number of azo groups is 1. The molecule has 3 aromatic carbocycles. The summed E-state index contributed by atoms with van der Waals surface area (Å²) in [7, 11) is 0. The van der Waals surface area contributed by atoms with Gasteiger partial charge in [-0.15, -0.1) is 0 Å². The highest BCUT2D eigenvalue weighted by molar-refractivity contribution is 6.04. The Kier molecular flexibility index (Phi) is 5.72. The van der Waals surface area contributed by atoms with E-state index in [2.05, 4.69) is 15.5 Å². The minimum atomic E-state index is -0.174. The number of nitrogens with zero attached hydrogens (tertiary/aromatic N) is 2. The second-order valence-electron chi connectivity index (χ2n) is 5.49. The average Bonchev–Trinajstić information content (AvgIpc) is 2.69. The Morgan fingerprint density at radius 1 is 0.846 bits per heavy atom. The molecule has 0 saturated carbocycles. The van der Waals surface area contributed by atoms with E-state index < -0.39 is 0 Å². The predicted molar refractivity (Wildman–Crippen MR) is 103 cm³/mol. The van der Waals surface area contributed by atoms with Gasteiger partial charge in [0.25, 0.3) is 5.91 Å². The van der Waals surface area contributed by atoms with Crippen molar-refractivity contribution < 1.29 is 9.53 Å². The molecule has 0 atom stereocenters. The van der Waals surface area contributed by atoms with Crippen LogP contribution in [0.2, 0.25) is 0 Å². The molecule has 130 valence electrons. The second kappa shape index (κ2) is 8.58. The van der Waals surface area contributed by atoms with Crippen LogP contribution in [0.1, 0.15) is 17.3 Å². The Balaban J connectivity index is 1.61. The number of nitrogens with one attached hydrogen (secondary N) is 1. The third-order valence-electron chi connectivity index (χ3n) is 3.59. The van der Waals surface area contributed by atoms with Crippen molar-refractivity contribution >= 4 is 23.0 Å². The number of hydrogen-bond acceptors (Lipinski definition) is 4. The number of ether oxygens (including phenoxy) is 1. The number of carbonyl (C=O) groups is 1. The number of rotatable bonds is 6. The van der Waals surface area contributed by atoms with Gasteiger partial charge in [-0.1, -0.05) is 18.2 Å². The molecule has 3 rings (SSSR count). The highest BCUT2D eigenvalue weighted by atomic mass is 16.5. The van der Waals surface area contributed by atoms with Crippen LogP contribution in [0, 0.1) is 0 Å². The van der Waals surface area contributed by atoms with Crippen LogP contribution in [0.25, 0.3) is 0 Å². The van der Waals surface area contributed by atoms with Crippen molar-refractivity contribution in [1.82, 2.24) is 0 Å². The van der Waals surface area contributed by atoms with Crippen molar-refractivity contribution in [3.63, 3.8) is 0 Å². The van der Waals surface area contributed by atoms with Gasteiger partial charge in [-0.25, -0.2) is 0 Å². The summed E-state index contributed by atoms with van der Waals surface area (Å²) in [5, 5.41) is 11.2. The molecule has 0 unspecified atom stereocenters. The van der Waals surface area contributed by atoms with Gasteiger partial charge in [0.1, 0.15) is 5.75 Å². The predicted octanol–water partition coefficient (Wildman–Crippen LogP) is 5.75. The van der Waals surface area contributed by atoms with Gasteiger partial charge in [0.15, 0.2) is 0 Å². The summed E-state index contributed by atoms with van der Waals surface area (Å²) in [6, 6.07) is 23.8. The fraction of sp³-hybridized carbons (Fsp3) is 0.0952. The minimum absolute atomic E-state index is 0.174. The summed E-state index contributed by atoms with van der Waals surface area (Å²) in [6.45, 7) is 2.52. The molecule has 0 spiro atoms. The number of amides is 1. The van der Waals surface area contributed by atoms with Gasteiger partial charge >= 0.3 is 0 Å². The molecular formula is C21H19N3O2. The van der Waals surface area contributed by atoms with Crippen LogP contribution in [0.3, 0.4) is 0 Å². The Labute approximate surface area is 152 Å². The van der Waals surface area contributed by atoms with Gasteiger partial charge in [-0.05, 0) is 67.6 Å². The number of benzene rings is 3. The molecule has 0 aliphatic carbocycles. The summed E-state index contributed by atoms with van der Waals surface area (Å²) in [5.74, 6) is 0.573. The van der Waals surface area contributed by atoms with E-state index in [1.165, 1.54) is 0 Å². The van der Waals surface area contributed by atoms with Gasteiger partial charge in [0.05, 0.1) is 18.0 Å². The molecule has 1 N–H and O–H groups in total. The van der Waals surface area contributed by atoms with Crippen LogP contribution in [0.15, 0.2) is 89.1 Å². The quantitative estimate of drug-likeness (QED) is 0.578. The van der Waals surface area contributed by atoms with E-state index in [-0.39, 0.29) is 5.91 Å². The molecule has 0 aromatic heterocycles. The van der Waals surface area contributed by atoms with Gasteiger partial charge in [-0.2, -0.15) is 10.2 Å². The van der Waals surface area contributed by atoms with E-state index in [4.69, 9.17) is 4.74 Å². The second-order valence-corrected chi connectivity index (χ2v) is 5.49. The number of carbonyl (C=O) groups excluding carboxylic acids is 1. The summed E-state index contributed by atoms with van der Waals surface area (Å²) in [4.78, 5) is 12.3. The highest BCUT2D eigenvalue weighted by Crippen LogP contribution is 2.20. The van der Waals surface area contributed by atoms with Crippen molar-refractivity contribution in [2.24, 2.45) is 10.2 Å². The molecule has 5 heteroatoms. The fourth-order valence-corrected chi connectivity index (χ4v) is 2.29. The summed E-state index contributed by atoms with van der Waals surface area (Å²) < 4.78 is 5.38. The topological polar surface area (TPSA) is 63.0 Å². The zero-order valence-electron chi connectivity index (χ0n) is 14.4. The van der Waals surface area contributed by atoms with E-state index >= 15 is 0 Å². The molecule has 0 fully saturated rings. The maximum atomic E-state index is 12.3. The Morgan fingerprint density at radius 2 is 1.46 bits per heavy atom. The van der Waals surface area contributed by atoms with Gasteiger partial charge in [-0.3, -0.25) is 4.79 Å². The van der Waals surface area contributed by atoms with Crippen molar-refractivity contribution in [3.8, 4) is 5.75 Å². The van der Waals surface area contributed by atoms with Crippen LogP contribution in [0.5, 0.6) is 5.75 Å². The Bertz CT molecular complexity index is 873. The Morgan fingerprint density at radius 3 is 2.08 bits per heavy atom. The molecule has 0 aliphatic heterocycles. The van der Waals surface area contributed by atoms with Crippen molar-refractivity contribution in [2.45, 2.75) is 6.92 Å². The first kappa shape index (κ1) is 17.4. The van der Waals surface area contributed by atoms with Crippen molar-refractivity contribution in [1.29, 1.82) is 0 Å². The maximum absolute atomic E-state index is 12.3. The lowest BCUT2D eigenvalue weighted by molar-refractivity contribution is 0.102. The molecule has 0 saturated heterocycles. The molecule has 26 heavy (non-hydrogen) atoms. The zero-order valence-corrected chi connectivity index (χ0v) is 14.4. The molecule has 0 bridgehead atoms. The zero-order chi connectivity index (χ0) is 18.2. The van der Waals surface area contributed by atoms with E-state index in [0.29, 0.717) is 23.5 Å². The number of anilines is 1. The van der Waals surface area contributed by atoms with Gasteiger partial charge < -0.3 is 10.1 Å². The third-order valence-corrected chi connectivity index (χ3v) is 3.59. The normalized spacial score (nSPS) is 10.7. The lowest BCUT2D eigenvalue weighted by atomic mass is 10.2. The lowest BCUT2D eigenvalue weighted by Gasteiger charge is -2.07. The van der Waals surface area contributed by atoms with Crippen molar-refractivity contribution in [2.75, 3.05) is 11.9 Å². The first-order valence-electron chi connectivity index (χ1n) is 8.35. The fourth-order valence-electron chi connectivity index (χ4n) is 2.29. The first-order valence-corrected chi connectivity index (χ1v) is 8.35. The first-order chi connectivity index (χ1) is 12.7. The van der Waals surface area contributed by atoms with Crippen LogP contribution >= 0.6 is 0 Å². The van der Waals surface area contributed by atoms with E-state index in [0.717, 1.165) is 11.4 Å². The average molecular weight is 345 g/mol. The molecule has 0 heterocycles. The van der Waals surface area contributed by atoms with Gasteiger partial charge in [0, 0.05) is 11.3 Å². The number of hydrogen-bond donors (Lipinski definition) is 1. The lowest BCUT2D eigenvalue weighted by Crippen LogP contribution is -2.11. The maximum Gasteiger partial charge on any atom is 0.255 e. The Hall–Kier alpha value is -3.47. The summed E-state index contributed by atoms with van der Waals surface area (Å²) >= 11 is 0. The van der Waals surface area contributed by atoms with Crippen LogP contribution in [-0.4, -0.2) is 12.5 Å². The smallest absolute Gasteiger partial charge is 0.255 e. The van der Waals surface area contributed by atoms with Crippen molar-refractivity contribution in [3.05, 3.63) is 84.4 Å². The monoisotopic (exact) mass is 345 g/mol. The van der Waals surface area contributed by atoms with Crippen LogP contribution < -0.4 is 10.1 Å². The summed E-state index contributed by atoms with van der Waals surface area (Å²) in [5.41, 5.74) is 2.78. The largest absolute Gasteiger partial charge is 0.494 e. The molecule has 0 radical (unpaired) electrons. The summed E-state index contributed by atoms with van der Waals surface area (Å²) in [6.07, 6.45) is 0. The minimum Gasteiger partial charge on any atom is -0.494 e. The molecular weight excluding hydrogens is 326 g/mol. The molecule has 3 aromatic rings. The van der Waals surface area contributed by atoms with Crippen LogP contribution in [0.4, 0.5) is 17.1 Å². The van der Waals surface area contributed by atoms with E-state index in [9.17, 15) is 4.79 Å². The van der Waals surface area contributed by atoms with Crippen LogP contribution in [-0.2, 0) is 0 Å². The SMILES string of the molecule is CCOc1ccc(C(=O)Nc2ccc(N=Nc3ccccc3)cc2)cc1. The third kappa shape index (κ3) is 4.77. The molecule has 0 aliphatic rings. The molecule has 5 nitrogen and oxygen atoms in total. The molecule has 1 amide bonds. The standard InChI is InChI=1S/C21H19N3O2/c1-2-26-20-14-8-16(9-15-20)21(25)22-17-10-12-19(13-11-17)24-23-18-6-4-3-5-7-18/h3-15H,2H2,1H3,(H,22,25). The van der Waals surface area contributed by atoms with Gasteiger partial charge in [0.2, 0.25) is 0 Å². The van der Waals surface area contributed by atoms with E-state index in [1.54, 1.807) is 48.5 Å². The highest BCUT2D eigenvalue weighted by Gasteiger charge is 2.06. The van der Waals surface area contributed by atoms with E-state index in [1.807, 2.05) is 37.3 Å².